The highest BCUT2D eigenvalue weighted by molar-refractivity contribution is 5.73. The molecule has 0 radical (unpaired) electrons. The number of hydrogen-bond donors (Lipinski definition) is 1. The fourth-order valence-corrected chi connectivity index (χ4v) is 4.09. The number of carbonyl (C=O) groups excluding carboxylic acids is 1. The van der Waals surface area contributed by atoms with E-state index in [9.17, 15) is 9.90 Å². The number of nitrogens with zero attached hydrogens (tertiary/aromatic N) is 2. The predicted molar refractivity (Wildman–Crippen MR) is 88.0 cm³/mol. The number of amides is 1. The van der Waals surface area contributed by atoms with Crippen LogP contribution in [0, 0.1) is 19.3 Å². The molecule has 0 aromatic carbocycles. The Kier molecular flexibility index (Phi) is 4.52. The molecule has 1 amide bonds. The van der Waals surface area contributed by atoms with E-state index in [-0.39, 0.29) is 17.4 Å². The lowest BCUT2D eigenvalue weighted by Crippen LogP contribution is -2.54. The van der Waals surface area contributed by atoms with Crippen LogP contribution < -0.4 is 0 Å². The zero-order chi connectivity index (χ0) is 16.6. The Balaban J connectivity index is 1.59. The summed E-state index contributed by atoms with van der Waals surface area (Å²) in [4.78, 5) is 15.9. The van der Waals surface area contributed by atoms with Gasteiger partial charge in [0, 0.05) is 20.0 Å². The van der Waals surface area contributed by atoms with Crippen molar-refractivity contribution in [3.8, 4) is 0 Å². The molecule has 2 aliphatic heterocycles. The van der Waals surface area contributed by atoms with Gasteiger partial charge >= 0.3 is 0 Å². The lowest BCUT2D eigenvalue weighted by atomic mass is 9.71. The van der Waals surface area contributed by atoms with Crippen LogP contribution in [0.1, 0.15) is 43.3 Å². The van der Waals surface area contributed by atoms with Crippen molar-refractivity contribution in [1.82, 2.24) is 9.80 Å². The molecule has 1 atom stereocenters. The summed E-state index contributed by atoms with van der Waals surface area (Å²) >= 11 is 0. The molecule has 1 unspecified atom stereocenters. The van der Waals surface area contributed by atoms with E-state index in [1.807, 2.05) is 11.8 Å². The van der Waals surface area contributed by atoms with Crippen LogP contribution in [0.2, 0.25) is 0 Å². The van der Waals surface area contributed by atoms with E-state index >= 15 is 0 Å². The van der Waals surface area contributed by atoms with Crippen LogP contribution in [0.15, 0.2) is 10.5 Å². The third-order valence-electron chi connectivity index (χ3n) is 5.58. The van der Waals surface area contributed by atoms with Gasteiger partial charge in [-0.1, -0.05) is 0 Å². The van der Waals surface area contributed by atoms with E-state index in [2.05, 4.69) is 17.9 Å². The minimum Gasteiger partial charge on any atom is -0.465 e. The SMILES string of the molecule is CC(=O)N1CC(O)CC2(CCN(Cc3cc(C)c(C)o3)CC2)C1. The summed E-state index contributed by atoms with van der Waals surface area (Å²) < 4.78 is 5.79. The van der Waals surface area contributed by atoms with E-state index in [1.54, 1.807) is 6.92 Å². The highest BCUT2D eigenvalue weighted by atomic mass is 16.3. The Morgan fingerprint density at radius 3 is 2.65 bits per heavy atom. The standard InChI is InChI=1S/C18H28N2O3/c1-13-8-17(23-14(13)2)11-19-6-4-18(5-7-19)9-16(22)10-20(12-18)15(3)21/h8,16,22H,4-7,9-12H2,1-3H3. The van der Waals surface area contributed by atoms with Crippen LogP contribution in [-0.4, -0.2) is 53.1 Å². The first-order valence-corrected chi connectivity index (χ1v) is 8.59. The van der Waals surface area contributed by atoms with Crippen LogP contribution in [0.5, 0.6) is 0 Å². The van der Waals surface area contributed by atoms with Gasteiger partial charge in [-0.15, -0.1) is 0 Å². The molecule has 1 aromatic heterocycles. The van der Waals surface area contributed by atoms with Gasteiger partial charge in [0.05, 0.1) is 12.6 Å². The molecule has 1 N–H and O–H groups in total. The molecule has 2 aliphatic rings. The summed E-state index contributed by atoms with van der Waals surface area (Å²) in [5, 5.41) is 10.2. The fraction of sp³-hybridized carbons (Fsp3) is 0.722. The Morgan fingerprint density at radius 2 is 2.09 bits per heavy atom. The van der Waals surface area contributed by atoms with Crippen molar-refractivity contribution in [3.63, 3.8) is 0 Å². The first-order valence-electron chi connectivity index (χ1n) is 8.59. The molecule has 23 heavy (non-hydrogen) atoms. The second-order valence-corrected chi connectivity index (χ2v) is 7.49. The van der Waals surface area contributed by atoms with Gasteiger partial charge in [-0.05, 0) is 63.2 Å². The maximum Gasteiger partial charge on any atom is 0.219 e. The smallest absolute Gasteiger partial charge is 0.219 e. The zero-order valence-corrected chi connectivity index (χ0v) is 14.5. The van der Waals surface area contributed by atoms with E-state index in [0.29, 0.717) is 6.54 Å². The second-order valence-electron chi connectivity index (χ2n) is 7.49. The van der Waals surface area contributed by atoms with Crippen LogP contribution in [-0.2, 0) is 11.3 Å². The summed E-state index contributed by atoms with van der Waals surface area (Å²) in [6.07, 6.45) is 2.51. The molecule has 3 heterocycles. The summed E-state index contributed by atoms with van der Waals surface area (Å²) in [7, 11) is 0. The number of hydrogen-bond acceptors (Lipinski definition) is 4. The van der Waals surface area contributed by atoms with Crippen LogP contribution in [0.25, 0.3) is 0 Å². The van der Waals surface area contributed by atoms with Crippen LogP contribution in [0.3, 0.4) is 0 Å². The number of aryl methyl sites for hydroxylation is 2. The van der Waals surface area contributed by atoms with Crippen molar-refractivity contribution in [2.75, 3.05) is 26.2 Å². The molecule has 1 aromatic rings. The Bertz CT molecular complexity index is 553. The number of aliphatic hydroxyl groups is 1. The number of β-amino-alcohol motifs (C(OH)–C–C–N with tert-alkyl or cyclic N) is 1. The van der Waals surface area contributed by atoms with E-state index < -0.39 is 0 Å². The Morgan fingerprint density at radius 1 is 1.39 bits per heavy atom. The molecule has 0 aliphatic carbocycles. The van der Waals surface area contributed by atoms with Gasteiger partial charge in [0.25, 0.3) is 0 Å². The lowest BCUT2D eigenvalue weighted by Gasteiger charge is -2.48. The highest BCUT2D eigenvalue weighted by Crippen LogP contribution is 2.40. The molecular weight excluding hydrogens is 292 g/mol. The number of rotatable bonds is 2. The third kappa shape index (κ3) is 3.61. The third-order valence-corrected chi connectivity index (χ3v) is 5.58. The summed E-state index contributed by atoms with van der Waals surface area (Å²) in [6.45, 7) is 9.82. The summed E-state index contributed by atoms with van der Waals surface area (Å²) in [6, 6.07) is 2.13. The largest absolute Gasteiger partial charge is 0.465 e. The number of carbonyl (C=O) groups is 1. The maximum absolute atomic E-state index is 11.7. The number of aliphatic hydroxyl groups excluding tert-OH is 1. The van der Waals surface area contributed by atoms with Crippen molar-refractivity contribution in [2.24, 2.45) is 5.41 Å². The summed E-state index contributed by atoms with van der Waals surface area (Å²) in [5.41, 5.74) is 1.30. The average Bonchev–Trinajstić information content (AvgIpc) is 2.79. The fourth-order valence-electron chi connectivity index (χ4n) is 4.09. The quantitative estimate of drug-likeness (QED) is 0.906. The minimum atomic E-state index is -0.380. The van der Waals surface area contributed by atoms with Crippen molar-refractivity contribution in [1.29, 1.82) is 0 Å². The molecular formula is C18H28N2O3. The number of piperidine rings is 2. The van der Waals surface area contributed by atoms with Gasteiger partial charge in [0.15, 0.2) is 0 Å². The van der Waals surface area contributed by atoms with Crippen molar-refractivity contribution < 1.29 is 14.3 Å². The first-order chi connectivity index (χ1) is 10.9. The molecule has 2 saturated heterocycles. The van der Waals surface area contributed by atoms with Crippen LogP contribution in [0.4, 0.5) is 0 Å². The molecule has 3 rings (SSSR count). The van der Waals surface area contributed by atoms with E-state index in [1.165, 1.54) is 5.56 Å². The molecule has 0 bridgehead atoms. The van der Waals surface area contributed by atoms with Gasteiger partial charge in [-0.3, -0.25) is 9.69 Å². The summed E-state index contributed by atoms with van der Waals surface area (Å²) in [5.74, 6) is 2.11. The Labute approximate surface area is 138 Å². The van der Waals surface area contributed by atoms with Crippen molar-refractivity contribution >= 4 is 5.91 Å². The zero-order valence-electron chi connectivity index (χ0n) is 14.5. The van der Waals surface area contributed by atoms with Gasteiger partial charge in [-0.25, -0.2) is 0 Å². The molecule has 0 saturated carbocycles. The van der Waals surface area contributed by atoms with Gasteiger partial charge in [-0.2, -0.15) is 0 Å². The molecule has 1 spiro atoms. The van der Waals surface area contributed by atoms with Gasteiger partial charge < -0.3 is 14.4 Å². The topological polar surface area (TPSA) is 56.9 Å². The number of likely N-dealkylation sites (tertiary alicyclic amines) is 2. The monoisotopic (exact) mass is 320 g/mol. The van der Waals surface area contributed by atoms with Gasteiger partial charge in [0.1, 0.15) is 11.5 Å². The molecule has 2 fully saturated rings. The Hall–Kier alpha value is -1.33. The average molecular weight is 320 g/mol. The number of furan rings is 1. The molecule has 128 valence electrons. The van der Waals surface area contributed by atoms with Crippen molar-refractivity contribution in [3.05, 3.63) is 23.2 Å². The van der Waals surface area contributed by atoms with Crippen molar-refractivity contribution in [2.45, 2.75) is 52.7 Å². The molecule has 5 nitrogen and oxygen atoms in total. The second kappa shape index (κ2) is 6.29. The van der Waals surface area contributed by atoms with Crippen LogP contribution >= 0.6 is 0 Å². The lowest BCUT2D eigenvalue weighted by molar-refractivity contribution is -0.138. The minimum absolute atomic E-state index is 0.0760. The maximum atomic E-state index is 11.7. The highest BCUT2D eigenvalue weighted by Gasteiger charge is 2.42. The van der Waals surface area contributed by atoms with E-state index in [4.69, 9.17) is 4.42 Å². The normalized spacial score (nSPS) is 25.0. The van der Waals surface area contributed by atoms with E-state index in [0.717, 1.165) is 57.0 Å². The molecule has 5 heteroatoms. The van der Waals surface area contributed by atoms with Gasteiger partial charge in [0.2, 0.25) is 5.91 Å². The first kappa shape index (κ1) is 16.5. The predicted octanol–water partition coefficient (Wildman–Crippen LogP) is 2.09.